The van der Waals surface area contributed by atoms with Gasteiger partial charge < -0.3 is 14.8 Å². The van der Waals surface area contributed by atoms with Gasteiger partial charge in [0.1, 0.15) is 17.7 Å². The summed E-state index contributed by atoms with van der Waals surface area (Å²) in [4.78, 5) is 18.9. The molecule has 8 heteroatoms. The van der Waals surface area contributed by atoms with Gasteiger partial charge in [0.05, 0.1) is 0 Å². The number of benzene rings is 1. The van der Waals surface area contributed by atoms with E-state index in [1.165, 1.54) is 12.1 Å². The Hall–Kier alpha value is -1.44. The fourth-order valence-corrected chi connectivity index (χ4v) is 3.18. The molecule has 1 amide bonds. The highest BCUT2D eigenvalue weighted by atomic mass is 79.9. The molecule has 0 saturated carbocycles. The second-order valence-electron chi connectivity index (χ2n) is 5.27. The van der Waals surface area contributed by atoms with E-state index < -0.39 is 5.82 Å². The number of nitrogens with one attached hydrogen (secondary N) is 1. The molecule has 0 radical (unpaired) electrons. The molecule has 23 heavy (non-hydrogen) atoms. The minimum atomic E-state index is -0.429. The first-order valence-corrected chi connectivity index (χ1v) is 7.80. The number of amides is 1. The van der Waals surface area contributed by atoms with Gasteiger partial charge in [-0.3, -0.25) is 4.79 Å². The first-order valence-electron chi connectivity index (χ1n) is 7.01. The quantitative estimate of drug-likeness (QED) is 0.838. The fourth-order valence-electron chi connectivity index (χ4n) is 2.72. The summed E-state index contributed by atoms with van der Waals surface area (Å²) in [6.45, 7) is 1.90. The Kier molecular flexibility index (Phi) is 5.78. The predicted molar refractivity (Wildman–Crippen MR) is 91.2 cm³/mol. The van der Waals surface area contributed by atoms with Crippen molar-refractivity contribution in [2.24, 2.45) is 7.05 Å². The van der Waals surface area contributed by atoms with Crippen LogP contribution in [0, 0.1) is 5.82 Å². The topological polar surface area (TPSA) is 50.2 Å². The standard InChI is InChI=1S/C15H16BrFN4O.ClH/c1-20-4-3-19-14(20)13-9-18-2-5-21(13)15(22)10-6-11(16)8-12(17)7-10;/h3-4,6-8,13,18H,2,5,9H2,1H3;1H. The van der Waals surface area contributed by atoms with E-state index >= 15 is 0 Å². The number of carbonyl (C=O) groups excluding carboxylic acids is 1. The summed E-state index contributed by atoms with van der Waals surface area (Å²) in [6, 6.07) is 4.08. The van der Waals surface area contributed by atoms with Gasteiger partial charge in [-0.05, 0) is 18.2 Å². The Balaban J connectivity index is 0.00000192. The normalized spacial score (nSPS) is 17.7. The second-order valence-corrected chi connectivity index (χ2v) is 6.19. The highest BCUT2D eigenvalue weighted by Gasteiger charge is 2.31. The van der Waals surface area contributed by atoms with Gasteiger partial charge in [-0.15, -0.1) is 12.4 Å². The van der Waals surface area contributed by atoms with Crippen LogP contribution in [0.2, 0.25) is 0 Å². The molecule has 124 valence electrons. The Morgan fingerprint density at radius 2 is 2.22 bits per heavy atom. The van der Waals surface area contributed by atoms with E-state index in [0.717, 1.165) is 5.82 Å². The zero-order chi connectivity index (χ0) is 15.7. The number of hydrogen-bond acceptors (Lipinski definition) is 3. The van der Waals surface area contributed by atoms with Crippen LogP contribution >= 0.6 is 28.3 Å². The Bertz CT molecular complexity index is 688. The smallest absolute Gasteiger partial charge is 0.254 e. The second kappa shape index (κ2) is 7.42. The molecule has 1 saturated heterocycles. The third-order valence-corrected chi connectivity index (χ3v) is 4.23. The highest BCUT2D eigenvalue weighted by Crippen LogP contribution is 2.24. The van der Waals surface area contributed by atoms with Crippen molar-refractivity contribution < 1.29 is 9.18 Å². The van der Waals surface area contributed by atoms with Gasteiger partial charge in [-0.2, -0.15) is 0 Å². The number of halogens is 3. The summed E-state index contributed by atoms with van der Waals surface area (Å²) in [5.41, 5.74) is 0.341. The first-order chi connectivity index (χ1) is 10.6. The minimum absolute atomic E-state index is 0. The van der Waals surface area contributed by atoms with Crippen LogP contribution in [0.3, 0.4) is 0 Å². The lowest BCUT2D eigenvalue weighted by Crippen LogP contribution is -2.49. The lowest BCUT2D eigenvalue weighted by Gasteiger charge is -2.35. The number of nitrogens with zero attached hydrogens (tertiary/aromatic N) is 3. The van der Waals surface area contributed by atoms with Gasteiger partial charge in [-0.25, -0.2) is 9.37 Å². The summed E-state index contributed by atoms with van der Waals surface area (Å²) >= 11 is 3.23. The maximum absolute atomic E-state index is 13.6. The number of piperazine rings is 1. The van der Waals surface area contributed by atoms with Crippen LogP contribution < -0.4 is 5.32 Å². The Morgan fingerprint density at radius 3 is 2.87 bits per heavy atom. The van der Waals surface area contributed by atoms with E-state index in [1.807, 2.05) is 17.8 Å². The molecular weight excluding hydrogens is 387 g/mol. The molecule has 1 aromatic heterocycles. The van der Waals surface area contributed by atoms with Crippen molar-refractivity contribution in [3.05, 3.63) is 52.3 Å². The van der Waals surface area contributed by atoms with Crippen LogP contribution in [0.4, 0.5) is 4.39 Å². The molecule has 1 aromatic carbocycles. The van der Waals surface area contributed by atoms with Crippen LogP contribution in [0.5, 0.6) is 0 Å². The summed E-state index contributed by atoms with van der Waals surface area (Å²) in [5, 5.41) is 3.28. The molecule has 2 heterocycles. The van der Waals surface area contributed by atoms with Crippen molar-refractivity contribution in [3.63, 3.8) is 0 Å². The Morgan fingerprint density at radius 1 is 1.43 bits per heavy atom. The fraction of sp³-hybridized carbons (Fsp3) is 0.333. The largest absolute Gasteiger partial charge is 0.336 e. The minimum Gasteiger partial charge on any atom is -0.336 e. The van der Waals surface area contributed by atoms with Crippen molar-refractivity contribution in [3.8, 4) is 0 Å². The van der Waals surface area contributed by atoms with E-state index in [0.29, 0.717) is 29.7 Å². The van der Waals surface area contributed by atoms with Crippen molar-refractivity contribution in [2.45, 2.75) is 6.04 Å². The molecule has 3 rings (SSSR count). The average molecular weight is 404 g/mol. The highest BCUT2D eigenvalue weighted by molar-refractivity contribution is 9.10. The molecule has 5 nitrogen and oxygen atoms in total. The molecule has 1 atom stereocenters. The van der Waals surface area contributed by atoms with E-state index in [-0.39, 0.29) is 24.4 Å². The number of carbonyl (C=O) groups is 1. The van der Waals surface area contributed by atoms with Crippen molar-refractivity contribution in [2.75, 3.05) is 19.6 Å². The maximum atomic E-state index is 13.6. The summed E-state index contributed by atoms with van der Waals surface area (Å²) in [7, 11) is 1.90. The SMILES string of the molecule is Cl.Cn1ccnc1C1CNCCN1C(=O)c1cc(F)cc(Br)c1. The van der Waals surface area contributed by atoms with Gasteiger partial charge in [0.15, 0.2) is 0 Å². The Labute approximate surface area is 148 Å². The molecule has 1 N–H and O–H groups in total. The summed E-state index contributed by atoms with van der Waals surface area (Å²) in [6.07, 6.45) is 3.57. The van der Waals surface area contributed by atoms with Crippen LogP contribution in [0.25, 0.3) is 0 Å². The zero-order valence-electron chi connectivity index (χ0n) is 12.5. The van der Waals surface area contributed by atoms with Crippen LogP contribution in [-0.2, 0) is 7.05 Å². The van der Waals surface area contributed by atoms with Gasteiger partial charge in [0, 0.05) is 49.1 Å². The first kappa shape index (κ1) is 17.9. The van der Waals surface area contributed by atoms with Crippen molar-refractivity contribution >= 4 is 34.2 Å². The molecule has 0 aliphatic carbocycles. The molecular formula is C15H17BrClFN4O. The van der Waals surface area contributed by atoms with E-state index in [4.69, 9.17) is 0 Å². The van der Waals surface area contributed by atoms with Crippen LogP contribution in [0.1, 0.15) is 22.2 Å². The van der Waals surface area contributed by atoms with Gasteiger partial charge in [-0.1, -0.05) is 15.9 Å². The predicted octanol–water partition coefficient (Wildman–Crippen LogP) is 2.53. The number of imidazole rings is 1. The monoisotopic (exact) mass is 402 g/mol. The number of aromatic nitrogens is 2. The van der Waals surface area contributed by atoms with E-state index in [2.05, 4.69) is 26.2 Å². The lowest BCUT2D eigenvalue weighted by molar-refractivity contribution is 0.0620. The van der Waals surface area contributed by atoms with E-state index in [9.17, 15) is 9.18 Å². The van der Waals surface area contributed by atoms with Crippen molar-refractivity contribution in [1.82, 2.24) is 19.8 Å². The zero-order valence-corrected chi connectivity index (χ0v) is 14.9. The lowest BCUT2D eigenvalue weighted by atomic mass is 10.1. The molecule has 0 spiro atoms. The van der Waals surface area contributed by atoms with Crippen molar-refractivity contribution in [1.29, 1.82) is 0 Å². The van der Waals surface area contributed by atoms with Gasteiger partial charge >= 0.3 is 0 Å². The molecule has 1 aliphatic heterocycles. The number of hydrogen-bond donors (Lipinski definition) is 1. The molecule has 1 fully saturated rings. The number of rotatable bonds is 2. The number of aryl methyl sites for hydroxylation is 1. The molecule has 1 aliphatic rings. The molecule has 1 unspecified atom stereocenters. The third-order valence-electron chi connectivity index (χ3n) is 3.77. The molecule has 2 aromatic rings. The maximum Gasteiger partial charge on any atom is 0.254 e. The third kappa shape index (κ3) is 3.73. The van der Waals surface area contributed by atoms with Gasteiger partial charge in [0.2, 0.25) is 0 Å². The summed E-state index contributed by atoms with van der Waals surface area (Å²) in [5.74, 6) is 0.201. The average Bonchev–Trinajstić information content (AvgIpc) is 2.91. The van der Waals surface area contributed by atoms with Crippen LogP contribution in [-0.4, -0.2) is 40.0 Å². The van der Waals surface area contributed by atoms with Gasteiger partial charge in [0.25, 0.3) is 5.91 Å². The summed E-state index contributed by atoms with van der Waals surface area (Å²) < 4.78 is 16.0. The van der Waals surface area contributed by atoms with E-state index in [1.54, 1.807) is 17.2 Å². The molecule has 0 bridgehead atoms. The van der Waals surface area contributed by atoms with Crippen LogP contribution in [0.15, 0.2) is 35.1 Å².